The monoisotopic (exact) mass is 368 g/mol. The van der Waals surface area contributed by atoms with E-state index in [1.54, 1.807) is 17.0 Å². The number of rotatable bonds is 8. The summed E-state index contributed by atoms with van der Waals surface area (Å²) in [6.07, 6.45) is 2.01. The fraction of sp³-hybridized carbons (Fsp3) is 0.611. The molecule has 1 aliphatic heterocycles. The van der Waals surface area contributed by atoms with Gasteiger partial charge in [0.1, 0.15) is 0 Å². The minimum absolute atomic E-state index is 0.0593. The Morgan fingerprint density at radius 2 is 2.00 bits per heavy atom. The molecular weight excluding hydrogens is 340 g/mol. The second kappa shape index (κ2) is 8.78. The second-order valence-electron chi connectivity index (χ2n) is 6.72. The summed E-state index contributed by atoms with van der Waals surface area (Å²) in [6.45, 7) is 7.38. The Bertz CT molecular complexity index is 665. The molecule has 1 unspecified atom stereocenters. The van der Waals surface area contributed by atoms with Gasteiger partial charge in [-0.3, -0.25) is 4.79 Å². The molecule has 0 bridgehead atoms. The summed E-state index contributed by atoms with van der Waals surface area (Å²) in [5.41, 5.74) is 1.10. The molecule has 1 saturated heterocycles. The van der Waals surface area contributed by atoms with E-state index >= 15 is 0 Å². The largest absolute Gasteiger partial charge is 0.376 e. The molecule has 1 heterocycles. The lowest BCUT2D eigenvalue weighted by molar-refractivity contribution is -0.130. The first-order valence-electron chi connectivity index (χ1n) is 8.76. The summed E-state index contributed by atoms with van der Waals surface area (Å²) in [5.74, 6) is 0.280. The van der Waals surface area contributed by atoms with Gasteiger partial charge in [0.05, 0.1) is 11.0 Å². The predicted octanol–water partition coefficient (Wildman–Crippen LogP) is 2.12. The maximum Gasteiger partial charge on any atom is 0.240 e. The van der Waals surface area contributed by atoms with Gasteiger partial charge in [-0.2, -0.15) is 0 Å². The van der Waals surface area contributed by atoms with Crippen LogP contribution in [-0.2, 0) is 19.6 Å². The lowest BCUT2D eigenvalue weighted by atomic mass is 10.0. The van der Waals surface area contributed by atoms with E-state index in [4.69, 9.17) is 4.74 Å². The molecule has 1 atom stereocenters. The smallest absolute Gasteiger partial charge is 0.240 e. The fourth-order valence-electron chi connectivity index (χ4n) is 2.84. The van der Waals surface area contributed by atoms with E-state index in [1.165, 1.54) is 6.92 Å². The Kier molecular flexibility index (Phi) is 6.98. The maximum absolute atomic E-state index is 12.4. The van der Waals surface area contributed by atoms with Crippen molar-refractivity contribution < 1.29 is 17.9 Å². The minimum atomic E-state index is -3.57. The van der Waals surface area contributed by atoms with Crippen molar-refractivity contribution in [1.82, 2.24) is 9.62 Å². The molecule has 1 fully saturated rings. The number of sulfonamides is 1. The Labute approximate surface area is 150 Å². The summed E-state index contributed by atoms with van der Waals surface area (Å²) >= 11 is 0. The third-order valence-corrected chi connectivity index (χ3v) is 5.90. The van der Waals surface area contributed by atoms with E-state index in [-0.39, 0.29) is 23.5 Å². The van der Waals surface area contributed by atoms with Crippen LogP contribution in [0.15, 0.2) is 29.2 Å². The zero-order valence-electron chi connectivity index (χ0n) is 15.2. The van der Waals surface area contributed by atoms with Crippen molar-refractivity contribution in [3.05, 3.63) is 29.8 Å². The summed E-state index contributed by atoms with van der Waals surface area (Å²) in [6, 6.07) is 6.90. The predicted molar refractivity (Wildman–Crippen MR) is 96.9 cm³/mol. The number of nitrogens with zero attached hydrogens (tertiary/aromatic N) is 1. The van der Waals surface area contributed by atoms with Gasteiger partial charge in [-0.15, -0.1) is 0 Å². The van der Waals surface area contributed by atoms with Crippen molar-refractivity contribution in [3.63, 3.8) is 0 Å². The number of ether oxygens (including phenoxy) is 1. The molecule has 7 heteroatoms. The number of benzene rings is 1. The van der Waals surface area contributed by atoms with Crippen LogP contribution >= 0.6 is 0 Å². The van der Waals surface area contributed by atoms with Crippen LogP contribution in [0, 0.1) is 0 Å². The van der Waals surface area contributed by atoms with Gasteiger partial charge in [0.15, 0.2) is 0 Å². The highest BCUT2D eigenvalue weighted by molar-refractivity contribution is 7.89. The molecule has 0 spiro atoms. The van der Waals surface area contributed by atoms with Crippen LogP contribution in [0.2, 0.25) is 0 Å². The van der Waals surface area contributed by atoms with Gasteiger partial charge in [0.2, 0.25) is 15.9 Å². The van der Waals surface area contributed by atoms with Crippen LogP contribution in [-0.4, -0.2) is 51.6 Å². The van der Waals surface area contributed by atoms with Gasteiger partial charge >= 0.3 is 0 Å². The average molecular weight is 368 g/mol. The van der Waals surface area contributed by atoms with Gasteiger partial charge in [-0.25, -0.2) is 13.1 Å². The van der Waals surface area contributed by atoms with Crippen LogP contribution in [0.25, 0.3) is 0 Å². The van der Waals surface area contributed by atoms with Gasteiger partial charge in [-0.05, 0) is 36.5 Å². The highest BCUT2D eigenvalue weighted by Gasteiger charge is 2.21. The first-order valence-corrected chi connectivity index (χ1v) is 10.2. The van der Waals surface area contributed by atoms with Crippen molar-refractivity contribution in [2.75, 3.05) is 26.2 Å². The molecule has 1 aromatic rings. The third-order valence-electron chi connectivity index (χ3n) is 4.42. The van der Waals surface area contributed by atoms with Crippen LogP contribution in [0.4, 0.5) is 0 Å². The molecular formula is C18H28N2O4S. The number of nitrogens with one attached hydrogen (secondary N) is 1. The van der Waals surface area contributed by atoms with E-state index in [9.17, 15) is 13.2 Å². The third kappa shape index (κ3) is 5.80. The highest BCUT2D eigenvalue weighted by atomic mass is 32.2. The van der Waals surface area contributed by atoms with E-state index in [0.717, 1.165) is 25.0 Å². The molecule has 0 radical (unpaired) electrons. The molecule has 2 rings (SSSR count). The molecule has 1 N–H and O–H groups in total. The van der Waals surface area contributed by atoms with Gasteiger partial charge < -0.3 is 9.64 Å². The SMILES string of the molecule is CC(=O)N(CCNS(=O)(=O)c1ccc(C(C)C)cc1)CC1CCCO1. The summed E-state index contributed by atoms with van der Waals surface area (Å²) in [5, 5.41) is 0. The van der Waals surface area contributed by atoms with Crippen molar-refractivity contribution in [2.24, 2.45) is 0 Å². The normalized spacial score (nSPS) is 17.8. The second-order valence-corrected chi connectivity index (χ2v) is 8.49. The zero-order valence-corrected chi connectivity index (χ0v) is 16.0. The number of hydrogen-bond donors (Lipinski definition) is 1. The van der Waals surface area contributed by atoms with Crippen molar-refractivity contribution >= 4 is 15.9 Å². The Morgan fingerprint density at radius 3 is 2.52 bits per heavy atom. The standard InChI is InChI=1S/C18H28N2O4S/c1-14(2)16-6-8-18(9-7-16)25(22,23)19-10-11-20(15(3)21)13-17-5-4-12-24-17/h6-9,14,17,19H,4-5,10-13H2,1-3H3. The fourth-order valence-corrected chi connectivity index (χ4v) is 3.86. The zero-order chi connectivity index (χ0) is 18.4. The van der Waals surface area contributed by atoms with E-state index in [2.05, 4.69) is 18.6 Å². The van der Waals surface area contributed by atoms with Crippen LogP contribution in [0.5, 0.6) is 0 Å². The van der Waals surface area contributed by atoms with E-state index < -0.39 is 10.0 Å². The number of carbonyl (C=O) groups is 1. The van der Waals surface area contributed by atoms with E-state index in [1.807, 2.05) is 12.1 Å². The summed E-state index contributed by atoms with van der Waals surface area (Å²) in [7, 11) is -3.57. The van der Waals surface area contributed by atoms with E-state index in [0.29, 0.717) is 19.0 Å². The minimum Gasteiger partial charge on any atom is -0.376 e. The molecule has 0 aromatic heterocycles. The Hall–Kier alpha value is -1.44. The Balaban J connectivity index is 1.90. The van der Waals surface area contributed by atoms with Crippen LogP contribution < -0.4 is 4.72 Å². The quantitative estimate of drug-likeness (QED) is 0.763. The molecule has 25 heavy (non-hydrogen) atoms. The number of hydrogen-bond acceptors (Lipinski definition) is 4. The number of carbonyl (C=O) groups excluding carboxylic acids is 1. The molecule has 6 nitrogen and oxygen atoms in total. The average Bonchev–Trinajstić information content (AvgIpc) is 3.07. The van der Waals surface area contributed by atoms with Crippen LogP contribution in [0.3, 0.4) is 0 Å². The molecule has 1 aliphatic rings. The molecule has 1 amide bonds. The first kappa shape index (κ1) is 19.9. The van der Waals surface area contributed by atoms with Gasteiger partial charge in [-0.1, -0.05) is 26.0 Å². The molecule has 140 valence electrons. The van der Waals surface area contributed by atoms with Crippen molar-refractivity contribution in [1.29, 1.82) is 0 Å². The topological polar surface area (TPSA) is 75.7 Å². The molecule has 0 saturated carbocycles. The number of amides is 1. The summed E-state index contributed by atoms with van der Waals surface area (Å²) in [4.78, 5) is 13.6. The first-order chi connectivity index (χ1) is 11.8. The van der Waals surface area contributed by atoms with Crippen molar-refractivity contribution in [3.8, 4) is 0 Å². The van der Waals surface area contributed by atoms with Crippen LogP contribution in [0.1, 0.15) is 45.1 Å². The van der Waals surface area contributed by atoms with Gasteiger partial charge in [0.25, 0.3) is 0 Å². The lowest BCUT2D eigenvalue weighted by Gasteiger charge is -2.24. The molecule has 0 aliphatic carbocycles. The van der Waals surface area contributed by atoms with Gasteiger partial charge in [0, 0.05) is 33.2 Å². The Morgan fingerprint density at radius 1 is 1.32 bits per heavy atom. The summed E-state index contributed by atoms with van der Waals surface area (Å²) < 4.78 is 32.9. The highest BCUT2D eigenvalue weighted by Crippen LogP contribution is 2.17. The lowest BCUT2D eigenvalue weighted by Crippen LogP contribution is -2.41. The maximum atomic E-state index is 12.4. The molecule has 1 aromatic carbocycles. The van der Waals surface area contributed by atoms with Crippen molar-refractivity contribution in [2.45, 2.75) is 50.5 Å².